The number of hydrogen-bond donors (Lipinski definition) is 1. The predicted octanol–water partition coefficient (Wildman–Crippen LogP) is 3.04. The molecule has 0 bridgehead atoms. The van der Waals surface area contributed by atoms with E-state index in [0.717, 1.165) is 23.7 Å². The summed E-state index contributed by atoms with van der Waals surface area (Å²) in [6.07, 6.45) is 4.03. The molecule has 126 valence electrons. The Morgan fingerprint density at radius 3 is 2.39 bits per heavy atom. The molecule has 5 nitrogen and oxygen atoms in total. The molecule has 0 aliphatic heterocycles. The van der Waals surface area contributed by atoms with Gasteiger partial charge in [-0.25, -0.2) is 4.79 Å². The van der Waals surface area contributed by atoms with E-state index < -0.39 is 18.6 Å². The van der Waals surface area contributed by atoms with E-state index >= 15 is 0 Å². The van der Waals surface area contributed by atoms with Crippen molar-refractivity contribution in [2.75, 3.05) is 6.61 Å². The zero-order valence-corrected chi connectivity index (χ0v) is 14.8. The van der Waals surface area contributed by atoms with Crippen LogP contribution in [0, 0.1) is 0 Å². The fourth-order valence-electron chi connectivity index (χ4n) is 1.96. The Hall–Kier alpha value is -1.53. The molecule has 1 unspecified atom stereocenters. The Bertz CT molecular complexity index is 542. The second-order valence-corrected chi connectivity index (χ2v) is 6.21. The van der Waals surface area contributed by atoms with Gasteiger partial charge in [-0.15, -0.1) is 0 Å². The van der Waals surface area contributed by atoms with Crippen molar-refractivity contribution in [1.82, 2.24) is 0 Å². The van der Waals surface area contributed by atoms with Gasteiger partial charge in [-0.1, -0.05) is 54.2 Å². The molecule has 1 rings (SSSR count). The number of esters is 1. The monoisotopic (exact) mass is 383 g/mol. The summed E-state index contributed by atoms with van der Waals surface area (Å²) in [6.45, 7) is 1.66. The zero-order chi connectivity index (χ0) is 17.2. The van der Waals surface area contributed by atoms with Gasteiger partial charge in [-0.2, -0.15) is 0 Å². The molecule has 2 N–H and O–H groups in total. The summed E-state index contributed by atoms with van der Waals surface area (Å²) in [5.41, 5.74) is 6.01. The quantitative estimate of drug-likeness (QED) is 0.290. The molecule has 6 heteroatoms. The highest BCUT2D eigenvalue weighted by Gasteiger charge is 2.23. The Kier molecular flexibility index (Phi) is 8.73. The van der Waals surface area contributed by atoms with Gasteiger partial charge < -0.3 is 10.5 Å². The number of Topliss-reactive ketones (excluding diaryl/α,β-unsaturated/α-hetero) is 2. The Morgan fingerprint density at radius 2 is 1.78 bits per heavy atom. The molecule has 0 aliphatic carbocycles. The van der Waals surface area contributed by atoms with Crippen molar-refractivity contribution in [2.24, 2.45) is 5.73 Å². The highest BCUT2D eigenvalue weighted by Crippen LogP contribution is 2.11. The average molecular weight is 384 g/mol. The number of carbonyl (C=O) groups is 3. The van der Waals surface area contributed by atoms with Gasteiger partial charge >= 0.3 is 5.97 Å². The third kappa shape index (κ3) is 7.05. The van der Waals surface area contributed by atoms with Crippen molar-refractivity contribution in [3.8, 4) is 0 Å². The normalized spacial score (nSPS) is 11.8. The van der Waals surface area contributed by atoms with Crippen LogP contribution < -0.4 is 5.73 Å². The van der Waals surface area contributed by atoms with Gasteiger partial charge in [0.05, 0.1) is 0 Å². The first kappa shape index (κ1) is 19.5. The van der Waals surface area contributed by atoms with E-state index in [-0.39, 0.29) is 18.0 Å². The first-order valence-electron chi connectivity index (χ1n) is 7.69. The summed E-state index contributed by atoms with van der Waals surface area (Å²) >= 11 is 3.27. The molecule has 1 atom stereocenters. The third-order valence-electron chi connectivity index (χ3n) is 3.39. The Balaban J connectivity index is 2.38. The van der Waals surface area contributed by atoms with Crippen molar-refractivity contribution in [1.29, 1.82) is 0 Å². The average Bonchev–Trinajstić information content (AvgIpc) is 2.56. The molecule has 1 aromatic carbocycles. The van der Waals surface area contributed by atoms with Crippen LogP contribution in [0.3, 0.4) is 0 Å². The van der Waals surface area contributed by atoms with Gasteiger partial charge in [0.2, 0.25) is 0 Å². The highest BCUT2D eigenvalue weighted by molar-refractivity contribution is 9.10. The molecular weight excluding hydrogens is 362 g/mol. The van der Waals surface area contributed by atoms with Gasteiger partial charge in [-0.3, -0.25) is 9.59 Å². The number of benzene rings is 1. The number of halogens is 1. The van der Waals surface area contributed by atoms with Crippen LogP contribution in [0.15, 0.2) is 28.7 Å². The Morgan fingerprint density at radius 1 is 1.13 bits per heavy atom. The summed E-state index contributed by atoms with van der Waals surface area (Å²) < 4.78 is 5.70. The SMILES string of the molecule is CCCCCCC(=O)C(N)C(=O)OCC(=O)c1ccc(Br)cc1. The van der Waals surface area contributed by atoms with Crippen LogP contribution in [0.2, 0.25) is 0 Å². The molecular formula is C17H22BrNO4. The Labute approximate surface area is 144 Å². The molecule has 23 heavy (non-hydrogen) atoms. The van der Waals surface area contributed by atoms with Crippen molar-refractivity contribution >= 4 is 33.5 Å². The number of nitrogens with two attached hydrogens (primary N) is 1. The summed E-state index contributed by atoms with van der Waals surface area (Å²) in [6, 6.07) is 5.38. The van der Waals surface area contributed by atoms with Crippen molar-refractivity contribution in [2.45, 2.75) is 45.1 Å². The molecule has 0 saturated heterocycles. The molecule has 0 amide bonds. The minimum atomic E-state index is -1.31. The molecule has 0 spiro atoms. The van der Waals surface area contributed by atoms with Gasteiger partial charge in [0, 0.05) is 16.5 Å². The molecule has 0 aromatic heterocycles. The first-order chi connectivity index (χ1) is 11.0. The van der Waals surface area contributed by atoms with Crippen LogP contribution in [0.1, 0.15) is 49.4 Å². The van der Waals surface area contributed by atoms with Crippen LogP contribution in [0.4, 0.5) is 0 Å². The van der Waals surface area contributed by atoms with Crippen molar-refractivity contribution < 1.29 is 19.1 Å². The summed E-state index contributed by atoms with van der Waals surface area (Å²) in [5.74, 6) is -1.54. The summed E-state index contributed by atoms with van der Waals surface area (Å²) in [4.78, 5) is 35.4. The minimum Gasteiger partial charge on any atom is -0.456 e. The van der Waals surface area contributed by atoms with E-state index in [0.29, 0.717) is 12.0 Å². The highest BCUT2D eigenvalue weighted by atomic mass is 79.9. The number of ether oxygens (including phenoxy) is 1. The number of unbranched alkanes of at least 4 members (excludes halogenated alkanes) is 3. The van der Waals surface area contributed by atoms with E-state index in [1.54, 1.807) is 24.3 Å². The molecule has 0 heterocycles. The smallest absolute Gasteiger partial charge is 0.331 e. The second-order valence-electron chi connectivity index (χ2n) is 5.29. The maximum absolute atomic E-state index is 11.9. The summed E-state index contributed by atoms with van der Waals surface area (Å²) in [5, 5.41) is 0. The summed E-state index contributed by atoms with van der Waals surface area (Å²) in [7, 11) is 0. The van der Waals surface area contributed by atoms with Crippen LogP contribution in [0.25, 0.3) is 0 Å². The van der Waals surface area contributed by atoms with Gasteiger partial charge in [-0.05, 0) is 18.6 Å². The van der Waals surface area contributed by atoms with Gasteiger partial charge in [0.25, 0.3) is 0 Å². The number of ketones is 2. The van der Waals surface area contributed by atoms with E-state index in [4.69, 9.17) is 10.5 Å². The molecule has 0 aliphatic rings. The lowest BCUT2D eigenvalue weighted by atomic mass is 10.1. The fourth-order valence-corrected chi connectivity index (χ4v) is 2.22. The first-order valence-corrected chi connectivity index (χ1v) is 8.48. The van der Waals surface area contributed by atoms with Crippen LogP contribution in [0.5, 0.6) is 0 Å². The topological polar surface area (TPSA) is 86.5 Å². The lowest BCUT2D eigenvalue weighted by molar-refractivity contribution is -0.147. The van der Waals surface area contributed by atoms with Crippen molar-refractivity contribution in [3.05, 3.63) is 34.3 Å². The third-order valence-corrected chi connectivity index (χ3v) is 3.92. The van der Waals surface area contributed by atoms with Crippen LogP contribution in [-0.2, 0) is 14.3 Å². The fraction of sp³-hybridized carbons (Fsp3) is 0.471. The maximum Gasteiger partial charge on any atom is 0.331 e. The van der Waals surface area contributed by atoms with E-state index in [1.165, 1.54) is 0 Å². The lowest BCUT2D eigenvalue weighted by Gasteiger charge is -2.10. The number of hydrogen-bond acceptors (Lipinski definition) is 5. The van der Waals surface area contributed by atoms with Gasteiger partial charge in [0.1, 0.15) is 0 Å². The lowest BCUT2D eigenvalue weighted by Crippen LogP contribution is -2.40. The zero-order valence-electron chi connectivity index (χ0n) is 13.2. The molecule has 0 radical (unpaired) electrons. The number of carbonyl (C=O) groups excluding carboxylic acids is 3. The minimum absolute atomic E-state index is 0.261. The largest absolute Gasteiger partial charge is 0.456 e. The van der Waals surface area contributed by atoms with E-state index in [9.17, 15) is 14.4 Å². The van der Waals surface area contributed by atoms with Crippen LogP contribution in [-0.4, -0.2) is 30.2 Å². The van der Waals surface area contributed by atoms with Crippen LogP contribution >= 0.6 is 15.9 Å². The maximum atomic E-state index is 11.9. The second kappa shape index (κ2) is 10.3. The van der Waals surface area contributed by atoms with Crippen molar-refractivity contribution in [3.63, 3.8) is 0 Å². The molecule has 0 fully saturated rings. The van der Waals surface area contributed by atoms with E-state index in [2.05, 4.69) is 22.9 Å². The number of rotatable bonds is 10. The van der Waals surface area contributed by atoms with Gasteiger partial charge in [0.15, 0.2) is 24.2 Å². The standard InChI is InChI=1S/C17H22BrNO4/c1-2-3-4-5-6-14(20)16(19)17(22)23-11-15(21)12-7-9-13(18)10-8-12/h7-10,16H,2-6,11,19H2,1H3. The molecule has 0 saturated carbocycles. The predicted molar refractivity (Wildman–Crippen MR) is 91.2 cm³/mol. The molecule has 1 aromatic rings. The van der Waals surface area contributed by atoms with E-state index in [1.807, 2.05) is 0 Å².